The number of rotatable bonds is 5. The molecule has 1 unspecified atom stereocenters. The van der Waals surface area contributed by atoms with Gasteiger partial charge in [0.25, 0.3) is 0 Å². The Kier molecular flexibility index (Phi) is 5.16. The maximum absolute atomic E-state index is 13.2. The van der Waals surface area contributed by atoms with E-state index >= 15 is 0 Å². The third kappa shape index (κ3) is 3.71. The maximum Gasteiger partial charge on any atom is 0.433 e. The summed E-state index contributed by atoms with van der Waals surface area (Å²) in [5, 5.41) is 2.94. The van der Waals surface area contributed by atoms with E-state index in [4.69, 9.17) is 4.74 Å². The van der Waals surface area contributed by atoms with Crippen LogP contribution < -0.4 is 5.32 Å². The Hall–Kier alpha value is -1.21. The van der Waals surface area contributed by atoms with E-state index in [0.29, 0.717) is 31.7 Å². The maximum atomic E-state index is 13.2. The molecule has 1 N–H and O–H groups in total. The summed E-state index contributed by atoms with van der Waals surface area (Å²) in [6.45, 7) is 4.99. The fraction of sp³-hybridized carbons (Fsp3) is 0.714. The van der Waals surface area contributed by atoms with Crippen molar-refractivity contribution in [3.05, 3.63) is 22.8 Å². The molecule has 0 amide bonds. The van der Waals surface area contributed by atoms with E-state index in [-0.39, 0.29) is 17.9 Å². The smallest absolute Gasteiger partial charge is 0.371 e. The predicted molar refractivity (Wildman–Crippen MR) is 71.7 cm³/mol. The van der Waals surface area contributed by atoms with Crippen LogP contribution in [0.5, 0.6) is 0 Å². The number of fused-ring (bicyclic) bond motifs is 1. The lowest BCUT2D eigenvalue weighted by Crippen LogP contribution is -2.30. The van der Waals surface area contributed by atoms with E-state index in [2.05, 4.69) is 15.3 Å². The molecular weight excluding hydrogens is 283 g/mol. The number of hydrogen-bond donors (Lipinski definition) is 1. The van der Waals surface area contributed by atoms with Gasteiger partial charge >= 0.3 is 6.18 Å². The molecule has 0 bridgehead atoms. The summed E-state index contributed by atoms with van der Waals surface area (Å²) in [5.41, 5.74) is -0.161. The molecule has 1 aromatic rings. The number of ether oxygens (including phenoxy) is 1. The standard InChI is InChI=1S/C14H20F3N3O/c1-3-5-11(21-4-2)13-19-10-6-7-18-8-9(10)12(20-13)14(15,16)17/h11,18H,3-8H2,1-2H3. The van der Waals surface area contributed by atoms with Crippen molar-refractivity contribution in [2.45, 2.75) is 51.9 Å². The highest BCUT2D eigenvalue weighted by Crippen LogP contribution is 2.34. The van der Waals surface area contributed by atoms with Crippen molar-refractivity contribution in [2.24, 2.45) is 0 Å². The molecule has 0 saturated heterocycles. The highest BCUT2D eigenvalue weighted by atomic mass is 19.4. The molecule has 7 heteroatoms. The first-order chi connectivity index (χ1) is 9.97. The van der Waals surface area contributed by atoms with Crippen molar-refractivity contribution in [2.75, 3.05) is 13.2 Å². The predicted octanol–water partition coefficient (Wildman–Crippen LogP) is 3.02. The van der Waals surface area contributed by atoms with Gasteiger partial charge in [-0.2, -0.15) is 13.2 Å². The van der Waals surface area contributed by atoms with E-state index < -0.39 is 18.0 Å². The van der Waals surface area contributed by atoms with E-state index in [9.17, 15) is 13.2 Å². The molecule has 0 spiro atoms. The number of halogens is 3. The van der Waals surface area contributed by atoms with Crippen LogP contribution in [0.1, 0.15) is 55.6 Å². The average molecular weight is 303 g/mol. The van der Waals surface area contributed by atoms with Crippen LogP contribution in [0.4, 0.5) is 13.2 Å². The van der Waals surface area contributed by atoms with E-state index in [0.717, 1.165) is 6.42 Å². The highest BCUT2D eigenvalue weighted by molar-refractivity contribution is 5.30. The zero-order valence-corrected chi connectivity index (χ0v) is 12.3. The van der Waals surface area contributed by atoms with Crippen molar-refractivity contribution < 1.29 is 17.9 Å². The molecule has 0 saturated carbocycles. The Labute approximate surface area is 122 Å². The van der Waals surface area contributed by atoms with E-state index in [1.54, 1.807) is 0 Å². The minimum atomic E-state index is -4.47. The first kappa shape index (κ1) is 16.2. The number of alkyl halides is 3. The molecule has 2 rings (SSSR count). The number of aromatic nitrogens is 2. The summed E-state index contributed by atoms with van der Waals surface area (Å²) in [4.78, 5) is 8.14. The third-order valence-electron chi connectivity index (χ3n) is 3.43. The monoisotopic (exact) mass is 303 g/mol. The average Bonchev–Trinajstić information content (AvgIpc) is 2.45. The molecule has 1 aromatic heterocycles. The van der Waals surface area contributed by atoms with Gasteiger partial charge in [0.05, 0.1) is 5.69 Å². The van der Waals surface area contributed by atoms with Gasteiger partial charge in [-0.1, -0.05) is 13.3 Å². The molecule has 1 atom stereocenters. The van der Waals surface area contributed by atoms with Crippen LogP contribution in [0.2, 0.25) is 0 Å². The molecule has 21 heavy (non-hydrogen) atoms. The fourth-order valence-corrected chi connectivity index (χ4v) is 2.49. The van der Waals surface area contributed by atoms with Crippen LogP contribution in [-0.2, 0) is 23.9 Å². The minimum Gasteiger partial charge on any atom is -0.371 e. The number of nitrogens with zero attached hydrogens (tertiary/aromatic N) is 2. The molecule has 118 valence electrons. The molecule has 0 aliphatic carbocycles. The van der Waals surface area contributed by atoms with Gasteiger partial charge in [0, 0.05) is 31.7 Å². The van der Waals surface area contributed by atoms with Crippen LogP contribution in [0.25, 0.3) is 0 Å². The molecule has 4 nitrogen and oxygen atoms in total. The number of hydrogen-bond acceptors (Lipinski definition) is 4. The molecular formula is C14H20F3N3O. The third-order valence-corrected chi connectivity index (χ3v) is 3.43. The van der Waals surface area contributed by atoms with E-state index in [1.165, 1.54) is 0 Å². The van der Waals surface area contributed by atoms with Crippen molar-refractivity contribution >= 4 is 0 Å². The second-order valence-corrected chi connectivity index (χ2v) is 5.01. The van der Waals surface area contributed by atoms with Crippen molar-refractivity contribution in [3.63, 3.8) is 0 Å². The molecule has 1 aliphatic rings. The van der Waals surface area contributed by atoms with Gasteiger partial charge in [-0.05, 0) is 13.3 Å². The Balaban J connectivity index is 2.47. The topological polar surface area (TPSA) is 47.0 Å². The quantitative estimate of drug-likeness (QED) is 0.908. The lowest BCUT2D eigenvalue weighted by Gasteiger charge is -2.23. The summed E-state index contributed by atoms with van der Waals surface area (Å²) in [5.74, 6) is 0.159. The van der Waals surface area contributed by atoms with Crippen molar-refractivity contribution in [1.82, 2.24) is 15.3 Å². The number of nitrogens with one attached hydrogen (secondary N) is 1. The Morgan fingerprint density at radius 2 is 2.05 bits per heavy atom. The first-order valence-corrected chi connectivity index (χ1v) is 7.26. The van der Waals surface area contributed by atoms with Gasteiger partial charge in [0.15, 0.2) is 11.5 Å². The summed E-state index contributed by atoms with van der Waals surface area (Å²) in [6.07, 6.45) is -3.04. The lowest BCUT2D eigenvalue weighted by atomic mass is 10.0. The summed E-state index contributed by atoms with van der Waals surface area (Å²) in [7, 11) is 0. The Morgan fingerprint density at radius 1 is 1.29 bits per heavy atom. The van der Waals surface area contributed by atoms with Crippen LogP contribution in [0.15, 0.2) is 0 Å². The normalized spacial score (nSPS) is 16.6. The molecule has 2 heterocycles. The molecule has 0 radical (unpaired) electrons. The first-order valence-electron chi connectivity index (χ1n) is 7.26. The largest absolute Gasteiger partial charge is 0.433 e. The minimum absolute atomic E-state index is 0.159. The molecule has 1 aliphatic heterocycles. The van der Waals surface area contributed by atoms with Crippen LogP contribution in [0, 0.1) is 0 Å². The second kappa shape index (κ2) is 6.70. The van der Waals surface area contributed by atoms with Gasteiger partial charge in [-0.3, -0.25) is 0 Å². The van der Waals surface area contributed by atoms with Gasteiger partial charge in [-0.25, -0.2) is 9.97 Å². The van der Waals surface area contributed by atoms with Gasteiger partial charge < -0.3 is 10.1 Å². The zero-order valence-electron chi connectivity index (χ0n) is 12.3. The second-order valence-electron chi connectivity index (χ2n) is 5.01. The van der Waals surface area contributed by atoms with Crippen molar-refractivity contribution in [3.8, 4) is 0 Å². The van der Waals surface area contributed by atoms with Crippen LogP contribution in [0.3, 0.4) is 0 Å². The van der Waals surface area contributed by atoms with Gasteiger partial charge in [0.1, 0.15) is 6.10 Å². The fourth-order valence-electron chi connectivity index (χ4n) is 2.49. The van der Waals surface area contributed by atoms with Crippen LogP contribution in [-0.4, -0.2) is 23.1 Å². The highest BCUT2D eigenvalue weighted by Gasteiger charge is 2.38. The van der Waals surface area contributed by atoms with Crippen molar-refractivity contribution in [1.29, 1.82) is 0 Å². The Bertz CT molecular complexity index is 485. The summed E-state index contributed by atoms with van der Waals surface area (Å²) < 4.78 is 45.2. The Morgan fingerprint density at radius 3 is 2.67 bits per heavy atom. The summed E-state index contributed by atoms with van der Waals surface area (Å²) >= 11 is 0. The SMILES string of the molecule is CCCC(OCC)c1nc2c(c(C(F)(F)F)n1)CNCC2. The summed E-state index contributed by atoms with van der Waals surface area (Å²) in [6, 6.07) is 0. The molecule has 0 aromatic carbocycles. The molecule has 0 fully saturated rings. The van der Waals surface area contributed by atoms with Gasteiger partial charge in [-0.15, -0.1) is 0 Å². The van der Waals surface area contributed by atoms with Crippen LogP contribution >= 0.6 is 0 Å². The lowest BCUT2D eigenvalue weighted by molar-refractivity contribution is -0.142. The van der Waals surface area contributed by atoms with Gasteiger partial charge in [0.2, 0.25) is 0 Å². The van der Waals surface area contributed by atoms with E-state index in [1.807, 2.05) is 13.8 Å². The zero-order chi connectivity index (χ0) is 15.5.